The largest absolute Gasteiger partial charge is 0.338 e. The third kappa shape index (κ3) is 3.12. The molecule has 0 spiro atoms. The summed E-state index contributed by atoms with van der Waals surface area (Å²) >= 11 is 0. The third-order valence-electron chi connectivity index (χ3n) is 5.72. The van der Waals surface area contributed by atoms with Gasteiger partial charge in [-0.3, -0.25) is 4.79 Å². The number of aromatic nitrogens is 2. The van der Waals surface area contributed by atoms with Crippen molar-refractivity contribution in [3.8, 4) is 0 Å². The van der Waals surface area contributed by atoms with Gasteiger partial charge in [0.25, 0.3) is 0 Å². The zero-order valence-corrected chi connectivity index (χ0v) is 15.8. The fourth-order valence-corrected chi connectivity index (χ4v) is 4.17. The van der Waals surface area contributed by atoms with E-state index in [1.54, 1.807) is 0 Å². The van der Waals surface area contributed by atoms with Crippen molar-refractivity contribution in [3.63, 3.8) is 0 Å². The van der Waals surface area contributed by atoms with Crippen LogP contribution in [0.2, 0.25) is 0 Å². The molecule has 2 aliphatic rings. The number of Topliss-reactive ketones (excluding diaryl/α,β-unsaturated/α-hetero) is 1. The number of hydrogen-bond acceptors (Lipinski definition) is 5. The predicted octanol–water partition coefficient (Wildman–Crippen LogP) is 2.76. The number of benzene rings is 1. The molecule has 1 aromatic carbocycles. The minimum atomic E-state index is 0.182. The number of piperazine rings is 1. The van der Waals surface area contributed by atoms with Gasteiger partial charge in [0.2, 0.25) is 5.95 Å². The Bertz CT molecular complexity index is 840. The van der Waals surface area contributed by atoms with Gasteiger partial charge in [-0.25, -0.2) is 9.97 Å². The van der Waals surface area contributed by atoms with E-state index >= 15 is 0 Å². The van der Waals surface area contributed by atoms with Crippen LogP contribution in [0.25, 0.3) is 0 Å². The molecule has 1 aliphatic carbocycles. The van der Waals surface area contributed by atoms with Gasteiger partial charge < -0.3 is 9.80 Å². The van der Waals surface area contributed by atoms with Crippen molar-refractivity contribution in [1.29, 1.82) is 0 Å². The molecule has 1 atom stereocenters. The van der Waals surface area contributed by atoms with Crippen molar-refractivity contribution in [2.24, 2.45) is 0 Å². The topological polar surface area (TPSA) is 49.3 Å². The number of hydrogen-bond donors (Lipinski definition) is 0. The summed E-state index contributed by atoms with van der Waals surface area (Å²) in [6, 6.07) is 8.38. The lowest BCUT2D eigenvalue weighted by Gasteiger charge is -2.33. The molecule has 0 saturated carbocycles. The maximum absolute atomic E-state index is 12.8. The fourth-order valence-electron chi connectivity index (χ4n) is 4.17. The second-order valence-electron chi connectivity index (χ2n) is 7.61. The molecule has 5 heteroatoms. The first-order valence-corrected chi connectivity index (χ1v) is 9.42. The van der Waals surface area contributed by atoms with E-state index in [1.165, 1.54) is 11.1 Å². The number of likely N-dealkylation sites (N-methyl/N-ethyl adjacent to an activating group) is 1. The van der Waals surface area contributed by atoms with Crippen LogP contribution in [0.4, 0.5) is 5.95 Å². The molecule has 4 rings (SSSR count). The van der Waals surface area contributed by atoms with E-state index in [9.17, 15) is 4.79 Å². The summed E-state index contributed by atoms with van der Waals surface area (Å²) in [6.45, 7) is 7.98. The van der Waals surface area contributed by atoms with Gasteiger partial charge in [-0.2, -0.15) is 0 Å². The van der Waals surface area contributed by atoms with Crippen LogP contribution in [0.3, 0.4) is 0 Å². The highest BCUT2D eigenvalue weighted by atomic mass is 16.1. The molecule has 1 aliphatic heterocycles. The first-order valence-electron chi connectivity index (χ1n) is 9.42. The van der Waals surface area contributed by atoms with Crippen molar-refractivity contribution in [3.05, 3.63) is 52.3 Å². The number of carbonyl (C=O) groups excluding carboxylic acids is 1. The van der Waals surface area contributed by atoms with E-state index in [0.717, 1.165) is 55.5 Å². The van der Waals surface area contributed by atoms with Crippen molar-refractivity contribution in [1.82, 2.24) is 14.9 Å². The Morgan fingerprint density at radius 2 is 1.73 bits per heavy atom. The molecule has 2 heterocycles. The zero-order chi connectivity index (χ0) is 18.3. The van der Waals surface area contributed by atoms with Gasteiger partial charge in [0.05, 0.1) is 17.0 Å². The minimum Gasteiger partial charge on any atom is -0.338 e. The zero-order valence-electron chi connectivity index (χ0n) is 15.8. The normalized spacial score (nSPS) is 21.0. The molecule has 136 valence electrons. The minimum absolute atomic E-state index is 0.182. The number of carbonyl (C=O) groups is 1. The first kappa shape index (κ1) is 17.2. The van der Waals surface area contributed by atoms with Gasteiger partial charge in [0.1, 0.15) is 0 Å². The maximum atomic E-state index is 12.8. The third-order valence-corrected chi connectivity index (χ3v) is 5.72. The second-order valence-corrected chi connectivity index (χ2v) is 7.61. The molecular formula is C21H26N4O. The summed E-state index contributed by atoms with van der Waals surface area (Å²) in [5, 5.41) is 0. The molecule has 0 radical (unpaired) electrons. The van der Waals surface area contributed by atoms with Gasteiger partial charge in [-0.15, -0.1) is 0 Å². The van der Waals surface area contributed by atoms with Crippen molar-refractivity contribution >= 4 is 11.7 Å². The van der Waals surface area contributed by atoms with Crippen molar-refractivity contribution in [2.45, 2.75) is 32.6 Å². The average molecular weight is 350 g/mol. The monoisotopic (exact) mass is 350 g/mol. The number of anilines is 1. The smallest absolute Gasteiger partial charge is 0.225 e. The molecule has 1 saturated heterocycles. The van der Waals surface area contributed by atoms with E-state index in [2.05, 4.69) is 53.0 Å². The second kappa shape index (κ2) is 6.80. The SMILES string of the molecule is Cc1ccccc1[C@@H]1CC(=O)c2c(C)nc(N3CCN(C)CC3)nc2C1. The summed E-state index contributed by atoms with van der Waals surface area (Å²) in [5.74, 6) is 1.18. The molecule has 5 nitrogen and oxygen atoms in total. The Kier molecular flexibility index (Phi) is 4.49. The van der Waals surface area contributed by atoms with Crippen LogP contribution in [0, 0.1) is 13.8 Å². The first-order chi connectivity index (χ1) is 12.5. The van der Waals surface area contributed by atoms with Crippen molar-refractivity contribution < 1.29 is 4.79 Å². The molecule has 1 aromatic heterocycles. The average Bonchev–Trinajstić information content (AvgIpc) is 2.62. The Hall–Kier alpha value is -2.27. The van der Waals surface area contributed by atoms with Gasteiger partial charge >= 0.3 is 0 Å². The lowest BCUT2D eigenvalue weighted by molar-refractivity contribution is 0.0962. The maximum Gasteiger partial charge on any atom is 0.225 e. The summed E-state index contributed by atoms with van der Waals surface area (Å²) < 4.78 is 0. The summed E-state index contributed by atoms with van der Waals surface area (Å²) in [6.07, 6.45) is 1.37. The molecule has 2 aromatic rings. The van der Waals surface area contributed by atoms with Crippen LogP contribution in [-0.4, -0.2) is 53.9 Å². The van der Waals surface area contributed by atoms with Crippen LogP contribution < -0.4 is 4.90 Å². The fraction of sp³-hybridized carbons (Fsp3) is 0.476. The highest BCUT2D eigenvalue weighted by Gasteiger charge is 2.31. The van der Waals surface area contributed by atoms with Crippen LogP contribution in [0.1, 0.15) is 45.2 Å². The molecule has 0 bridgehead atoms. The van der Waals surface area contributed by atoms with Gasteiger partial charge in [0, 0.05) is 32.6 Å². The highest BCUT2D eigenvalue weighted by Crippen LogP contribution is 2.35. The van der Waals surface area contributed by atoms with Crippen LogP contribution in [0.15, 0.2) is 24.3 Å². The molecule has 0 amide bonds. The van der Waals surface area contributed by atoms with Crippen LogP contribution in [0.5, 0.6) is 0 Å². The Balaban J connectivity index is 1.67. The Morgan fingerprint density at radius 1 is 1.00 bits per heavy atom. The molecule has 0 unspecified atom stereocenters. The number of nitrogens with zero attached hydrogens (tertiary/aromatic N) is 4. The molecular weight excluding hydrogens is 324 g/mol. The lowest BCUT2D eigenvalue weighted by Crippen LogP contribution is -2.45. The quantitative estimate of drug-likeness (QED) is 0.833. The van der Waals surface area contributed by atoms with Crippen LogP contribution >= 0.6 is 0 Å². The number of aryl methyl sites for hydroxylation is 2. The summed E-state index contributed by atoms with van der Waals surface area (Å²) in [5.41, 5.74) is 5.03. The molecule has 0 N–H and O–H groups in total. The van der Waals surface area contributed by atoms with Crippen LogP contribution in [-0.2, 0) is 6.42 Å². The van der Waals surface area contributed by atoms with Crippen molar-refractivity contribution in [2.75, 3.05) is 38.1 Å². The summed E-state index contributed by atoms with van der Waals surface area (Å²) in [7, 11) is 2.14. The van der Waals surface area contributed by atoms with E-state index in [4.69, 9.17) is 4.98 Å². The lowest BCUT2D eigenvalue weighted by atomic mass is 9.80. The predicted molar refractivity (Wildman–Crippen MR) is 103 cm³/mol. The molecule has 26 heavy (non-hydrogen) atoms. The van der Waals surface area contributed by atoms with E-state index < -0.39 is 0 Å². The number of fused-ring (bicyclic) bond motifs is 1. The van der Waals surface area contributed by atoms with Gasteiger partial charge in [-0.1, -0.05) is 24.3 Å². The van der Waals surface area contributed by atoms with E-state index in [-0.39, 0.29) is 11.7 Å². The van der Waals surface area contributed by atoms with E-state index in [0.29, 0.717) is 6.42 Å². The highest BCUT2D eigenvalue weighted by molar-refractivity contribution is 5.99. The van der Waals surface area contributed by atoms with Gasteiger partial charge in [0.15, 0.2) is 5.78 Å². The number of rotatable bonds is 2. The Morgan fingerprint density at radius 3 is 2.46 bits per heavy atom. The number of ketones is 1. The molecule has 1 fully saturated rings. The van der Waals surface area contributed by atoms with Gasteiger partial charge in [-0.05, 0) is 44.4 Å². The van der Waals surface area contributed by atoms with E-state index in [1.807, 2.05) is 6.92 Å². The standard InChI is InChI=1S/C21H26N4O/c1-14-6-4-5-7-17(14)16-12-18-20(19(26)13-16)15(2)22-21(23-18)25-10-8-24(3)9-11-25/h4-7,16H,8-13H2,1-3H3/t16-/m0/s1. The summed E-state index contributed by atoms with van der Waals surface area (Å²) in [4.78, 5) is 26.9. The Labute approximate surface area is 155 Å².